The third-order valence-corrected chi connectivity index (χ3v) is 7.50. The van der Waals surface area contributed by atoms with Gasteiger partial charge in [-0.2, -0.15) is 13.2 Å². The fourth-order valence-electron chi connectivity index (χ4n) is 4.73. The fraction of sp³-hybridized carbons (Fsp3) is 0.500. The Morgan fingerprint density at radius 1 is 1.03 bits per heavy atom. The number of carbonyl (C=O) groups is 2. The van der Waals surface area contributed by atoms with Crippen molar-refractivity contribution in [1.29, 1.82) is 0 Å². The average molecular weight is 553 g/mol. The molecule has 10 heteroatoms. The molecule has 1 aliphatic carbocycles. The van der Waals surface area contributed by atoms with Crippen molar-refractivity contribution in [3.63, 3.8) is 0 Å². The molecule has 1 heterocycles. The Labute approximate surface area is 225 Å². The van der Waals surface area contributed by atoms with Gasteiger partial charge >= 0.3 is 6.18 Å². The number of ether oxygens (including phenoxy) is 1. The van der Waals surface area contributed by atoms with Crippen LogP contribution in [0.2, 0.25) is 5.02 Å². The maximum Gasteiger partial charge on any atom is 0.430 e. The summed E-state index contributed by atoms with van der Waals surface area (Å²) in [5, 5.41) is 13.8. The number of aliphatic hydroxyl groups is 1. The Morgan fingerprint density at radius 2 is 1.71 bits per heavy atom. The molecule has 0 unspecified atom stereocenters. The molecule has 0 spiro atoms. The second-order valence-electron chi connectivity index (χ2n) is 10.0. The summed E-state index contributed by atoms with van der Waals surface area (Å²) in [5.41, 5.74) is -3.61. The van der Waals surface area contributed by atoms with Gasteiger partial charge in [0.15, 0.2) is 0 Å². The molecule has 0 bridgehead atoms. The van der Waals surface area contributed by atoms with Gasteiger partial charge < -0.3 is 20.1 Å². The van der Waals surface area contributed by atoms with E-state index >= 15 is 0 Å². The zero-order chi connectivity index (χ0) is 27.3. The maximum absolute atomic E-state index is 13.8. The third-order valence-electron chi connectivity index (χ3n) is 7.19. The van der Waals surface area contributed by atoms with Gasteiger partial charge in [-0.3, -0.25) is 9.59 Å². The Morgan fingerprint density at radius 3 is 2.32 bits per heavy atom. The molecule has 1 aliphatic heterocycles. The molecule has 2 amide bonds. The summed E-state index contributed by atoms with van der Waals surface area (Å²) in [6, 6.07) is 11.8. The van der Waals surface area contributed by atoms with Crippen molar-refractivity contribution in [3.8, 4) is 5.75 Å². The van der Waals surface area contributed by atoms with Crippen molar-refractivity contribution >= 4 is 23.4 Å². The zero-order valence-corrected chi connectivity index (χ0v) is 21.7. The third kappa shape index (κ3) is 6.61. The van der Waals surface area contributed by atoms with Gasteiger partial charge in [0.25, 0.3) is 17.4 Å². The van der Waals surface area contributed by atoms with Crippen LogP contribution in [0.25, 0.3) is 0 Å². The van der Waals surface area contributed by atoms with Crippen LogP contribution >= 0.6 is 11.6 Å². The second kappa shape index (κ2) is 11.9. The summed E-state index contributed by atoms with van der Waals surface area (Å²) in [6.45, 7) is 0.811. The summed E-state index contributed by atoms with van der Waals surface area (Å²) in [7, 11) is 0. The summed E-state index contributed by atoms with van der Waals surface area (Å²) >= 11 is 6.24. The summed E-state index contributed by atoms with van der Waals surface area (Å²) in [4.78, 5) is 26.1. The Hall–Kier alpha value is -2.78. The first-order valence-electron chi connectivity index (χ1n) is 13.0. The highest BCUT2D eigenvalue weighted by molar-refractivity contribution is 6.34. The maximum atomic E-state index is 13.8. The minimum atomic E-state index is -5.13. The smallest absolute Gasteiger partial charge is 0.430 e. The van der Waals surface area contributed by atoms with E-state index in [9.17, 15) is 27.9 Å². The van der Waals surface area contributed by atoms with E-state index in [1.807, 2.05) is 0 Å². The van der Waals surface area contributed by atoms with Gasteiger partial charge in [-0.1, -0.05) is 48.4 Å². The SMILES string of the molecule is O=C(NC1CC1)c1ccc(OCCCCC2CCN(C(=O)[C@](O)(c3ccccc3)C(F)(F)F)CC2)cc1Cl. The van der Waals surface area contributed by atoms with Gasteiger partial charge in [0, 0.05) is 24.7 Å². The lowest BCUT2D eigenvalue weighted by molar-refractivity contribution is -0.262. The highest BCUT2D eigenvalue weighted by Gasteiger charge is 2.62. The summed E-state index contributed by atoms with van der Waals surface area (Å²) < 4.78 is 47.2. The normalized spacial score (nSPS) is 18.1. The van der Waals surface area contributed by atoms with Gasteiger partial charge in [0.1, 0.15) is 5.75 Å². The topological polar surface area (TPSA) is 78.9 Å². The lowest BCUT2D eigenvalue weighted by atomic mass is 9.88. The number of unbranched alkanes of at least 4 members (excludes halogenated alkanes) is 1. The van der Waals surface area contributed by atoms with Crippen LogP contribution in [-0.4, -0.2) is 53.7 Å². The van der Waals surface area contributed by atoms with Crippen molar-refractivity contribution in [2.24, 2.45) is 5.92 Å². The van der Waals surface area contributed by atoms with Crippen LogP contribution in [0, 0.1) is 5.92 Å². The number of nitrogens with one attached hydrogen (secondary N) is 1. The molecule has 0 radical (unpaired) electrons. The minimum Gasteiger partial charge on any atom is -0.494 e. The van der Waals surface area contributed by atoms with Crippen LogP contribution in [-0.2, 0) is 10.4 Å². The van der Waals surface area contributed by atoms with E-state index in [0.29, 0.717) is 35.8 Å². The van der Waals surface area contributed by atoms with Crippen molar-refractivity contribution in [2.75, 3.05) is 19.7 Å². The number of hydrogen-bond donors (Lipinski definition) is 2. The Kier molecular flexibility index (Phi) is 8.88. The molecule has 1 saturated carbocycles. The van der Waals surface area contributed by atoms with E-state index in [4.69, 9.17) is 16.3 Å². The van der Waals surface area contributed by atoms with Crippen molar-refractivity contribution in [3.05, 3.63) is 64.7 Å². The summed E-state index contributed by atoms with van der Waals surface area (Å²) in [6.07, 6.45) is 0.539. The van der Waals surface area contributed by atoms with E-state index in [2.05, 4.69) is 5.32 Å². The Bertz CT molecular complexity index is 1120. The second-order valence-corrected chi connectivity index (χ2v) is 10.5. The number of amides is 2. The Balaban J connectivity index is 1.19. The number of benzene rings is 2. The number of halogens is 4. The van der Waals surface area contributed by atoms with Gasteiger partial charge in [0.05, 0.1) is 17.2 Å². The molecule has 0 aromatic heterocycles. The van der Waals surface area contributed by atoms with Gasteiger partial charge in [-0.15, -0.1) is 0 Å². The van der Waals surface area contributed by atoms with Crippen molar-refractivity contribution < 1.29 is 32.6 Å². The first-order valence-corrected chi connectivity index (χ1v) is 13.3. The molecule has 206 valence electrons. The standard InChI is InChI=1S/C28H32ClF3N2O4/c29-24-18-22(11-12-23(24)25(35)33-21-9-10-21)38-17-5-4-6-19-13-15-34(16-14-19)26(36)27(37,28(30,31)32)20-7-2-1-3-8-20/h1-3,7-8,11-12,18-19,21,37H,4-6,9-10,13-17H2,(H,33,35)/t27-/m1/s1. The lowest BCUT2D eigenvalue weighted by Crippen LogP contribution is -2.57. The number of carbonyl (C=O) groups excluding carboxylic acids is 2. The highest BCUT2D eigenvalue weighted by atomic mass is 35.5. The zero-order valence-electron chi connectivity index (χ0n) is 21.0. The molecule has 38 heavy (non-hydrogen) atoms. The molecule has 2 N–H and O–H groups in total. The predicted octanol–water partition coefficient (Wildman–Crippen LogP) is 5.47. The molecular weight excluding hydrogens is 521 g/mol. The molecule has 2 aliphatic rings. The van der Waals surface area contributed by atoms with Crippen LogP contribution < -0.4 is 10.1 Å². The molecule has 6 nitrogen and oxygen atoms in total. The van der Waals surface area contributed by atoms with Crippen LogP contribution in [0.15, 0.2) is 48.5 Å². The minimum absolute atomic E-state index is 0.171. The summed E-state index contributed by atoms with van der Waals surface area (Å²) in [5.74, 6) is -0.633. The number of hydrogen-bond acceptors (Lipinski definition) is 4. The quantitative estimate of drug-likeness (QED) is 0.383. The fourth-order valence-corrected chi connectivity index (χ4v) is 4.98. The van der Waals surface area contributed by atoms with Crippen LogP contribution in [0.4, 0.5) is 13.2 Å². The molecule has 2 aromatic rings. The predicted molar refractivity (Wildman–Crippen MR) is 137 cm³/mol. The van der Waals surface area contributed by atoms with E-state index in [1.165, 1.54) is 18.2 Å². The molecule has 4 rings (SSSR count). The molecular formula is C28H32ClF3N2O4. The van der Waals surface area contributed by atoms with Gasteiger partial charge in [-0.25, -0.2) is 0 Å². The number of likely N-dealkylation sites (tertiary alicyclic amines) is 1. The van der Waals surface area contributed by atoms with Crippen molar-refractivity contribution in [2.45, 2.75) is 62.8 Å². The van der Waals surface area contributed by atoms with Crippen molar-refractivity contribution in [1.82, 2.24) is 10.2 Å². The lowest BCUT2D eigenvalue weighted by Gasteiger charge is -2.38. The van der Waals surface area contributed by atoms with Crippen LogP contribution in [0.5, 0.6) is 5.75 Å². The van der Waals surface area contributed by atoms with E-state index in [1.54, 1.807) is 18.2 Å². The van der Waals surface area contributed by atoms with Gasteiger partial charge in [-0.05, 0) is 62.6 Å². The molecule has 2 fully saturated rings. The van der Waals surface area contributed by atoms with Crippen LogP contribution in [0.3, 0.4) is 0 Å². The van der Waals surface area contributed by atoms with E-state index in [-0.39, 0.29) is 31.0 Å². The number of rotatable bonds is 10. The number of nitrogens with zero attached hydrogens (tertiary/aromatic N) is 1. The first-order chi connectivity index (χ1) is 18.1. The monoisotopic (exact) mass is 552 g/mol. The van der Waals surface area contributed by atoms with E-state index in [0.717, 1.165) is 49.1 Å². The molecule has 2 aromatic carbocycles. The average Bonchev–Trinajstić information content (AvgIpc) is 3.72. The van der Waals surface area contributed by atoms with Crippen LogP contribution in [0.1, 0.15) is 60.9 Å². The molecule has 1 atom stereocenters. The molecule has 1 saturated heterocycles. The number of piperidine rings is 1. The first kappa shape index (κ1) is 28.2. The highest BCUT2D eigenvalue weighted by Crippen LogP contribution is 2.41. The van der Waals surface area contributed by atoms with Gasteiger partial charge in [0.2, 0.25) is 0 Å². The van der Waals surface area contributed by atoms with E-state index < -0.39 is 23.2 Å². The largest absolute Gasteiger partial charge is 0.494 e. The number of alkyl halides is 3.